The van der Waals surface area contributed by atoms with Crippen LogP contribution in [-0.4, -0.2) is 32.8 Å². The number of carboxylic acids is 1. The zero-order valence-corrected chi connectivity index (χ0v) is 8.05. The minimum Gasteiger partial charge on any atom is -0.478 e. The molecule has 0 amide bonds. The molecule has 0 aliphatic heterocycles. The number of carbonyl (C=O) groups is 1. The number of hydrogen-bond donors (Lipinski definition) is 2. The van der Waals surface area contributed by atoms with Crippen molar-refractivity contribution in [3.63, 3.8) is 0 Å². The molecule has 0 saturated carbocycles. The van der Waals surface area contributed by atoms with Crippen LogP contribution in [0, 0.1) is 0 Å². The molecule has 0 aromatic heterocycles. The van der Waals surface area contributed by atoms with Gasteiger partial charge >= 0.3 is 5.97 Å². The van der Waals surface area contributed by atoms with Crippen LogP contribution in [0.25, 0.3) is 0 Å². The van der Waals surface area contributed by atoms with Crippen LogP contribution in [0.15, 0.2) is 0 Å². The first kappa shape index (κ1) is 10.3. The molecule has 0 spiro atoms. The maximum Gasteiger partial charge on any atom is 0.358 e. The van der Waals surface area contributed by atoms with E-state index in [9.17, 15) is 4.79 Å². The minimum absolute atomic E-state index is 0.0389. The summed E-state index contributed by atoms with van der Waals surface area (Å²) in [7, 11) is 0. The molecule has 0 heterocycles. The normalized spacial score (nSPS) is 11.5. The van der Waals surface area contributed by atoms with Gasteiger partial charge in [-0.25, -0.2) is 4.79 Å². The molecule has 10 heavy (non-hydrogen) atoms. The third-order valence-corrected chi connectivity index (χ3v) is 1.76. The summed E-state index contributed by atoms with van der Waals surface area (Å²) in [5.74, 6) is -1.19. The van der Waals surface area contributed by atoms with E-state index in [1.165, 1.54) is 0 Å². The Morgan fingerprint density at radius 3 is 2.40 bits per heavy atom. The zero-order valence-electron chi connectivity index (χ0n) is 4.88. The third-order valence-electron chi connectivity index (χ3n) is 0.624. The van der Waals surface area contributed by atoms with Gasteiger partial charge in [0.05, 0.1) is 13.2 Å². The van der Waals surface area contributed by atoms with E-state index in [0.717, 1.165) is 0 Å². The molecule has 2 N–H and O–H groups in total. The quantitative estimate of drug-likeness (QED) is 0.736. The van der Waals surface area contributed by atoms with E-state index in [2.05, 4.69) is 36.6 Å². The smallest absolute Gasteiger partial charge is 0.358 e. The highest BCUT2D eigenvalue weighted by molar-refractivity contribution is 9.25. The van der Waals surface area contributed by atoms with Gasteiger partial charge in [-0.3, -0.25) is 0 Å². The largest absolute Gasteiger partial charge is 0.478 e. The molecule has 0 fully saturated rings. The topological polar surface area (TPSA) is 66.8 Å². The summed E-state index contributed by atoms with van der Waals surface area (Å²) < 4.78 is 3.06. The molecule has 0 aliphatic rings. The van der Waals surface area contributed by atoms with Crippen molar-refractivity contribution in [3.8, 4) is 0 Å². The lowest BCUT2D eigenvalue weighted by molar-refractivity contribution is -0.146. The maximum atomic E-state index is 10.2. The lowest BCUT2D eigenvalue weighted by atomic mass is 10.7. The average Bonchev–Trinajstić information content (AvgIpc) is 1.84. The Kier molecular flexibility index (Phi) is 4.42. The van der Waals surface area contributed by atoms with Crippen molar-refractivity contribution in [1.82, 2.24) is 0 Å². The Labute approximate surface area is 74.4 Å². The molecule has 0 atom stereocenters. The van der Waals surface area contributed by atoms with Crippen LogP contribution in [0.5, 0.6) is 0 Å². The van der Waals surface area contributed by atoms with Crippen molar-refractivity contribution in [2.45, 2.75) is 3.42 Å². The highest BCUT2D eigenvalue weighted by Gasteiger charge is 2.32. The second kappa shape index (κ2) is 4.27. The van der Waals surface area contributed by atoms with Gasteiger partial charge in [0.2, 0.25) is 0 Å². The van der Waals surface area contributed by atoms with Gasteiger partial charge in [0.25, 0.3) is 3.42 Å². The van der Waals surface area contributed by atoms with Crippen molar-refractivity contribution in [2.24, 2.45) is 0 Å². The van der Waals surface area contributed by atoms with E-state index in [1.54, 1.807) is 0 Å². The zero-order chi connectivity index (χ0) is 8.20. The van der Waals surface area contributed by atoms with Gasteiger partial charge in [-0.15, -0.1) is 0 Å². The van der Waals surface area contributed by atoms with E-state index >= 15 is 0 Å². The van der Waals surface area contributed by atoms with Crippen molar-refractivity contribution < 1.29 is 19.7 Å². The SMILES string of the molecule is O=C(O)C(Br)(Br)OCCO. The molecule has 0 aliphatic carbocycles. The first-order valence-corrected chi connectivity index (χ1v) is 3.95. The number of hydrogen-bond acceptors (Lipinski definition) is 3. The van der Waals surface area contributed by atoms with Gasteiger partial charge in [0.15, 0.2) is 0 Å². The van der Waals surface area contributed by atoms with Crippen molar-refractivity contribution in [2.75, 3.05) is 13.2 Å². The van der Waals surface area contributed by atoms with Gasteiger partial charge < -0.3 is 14.9 Å². The first-order chi connectivity index (χ1) is 4.50. The Hall–Kier alpha value is 0.350. The average molecular weight is 278 g/mol. The van der Waals surface area contributed by atoms with Crippen LogP contribution >= 0.6 is 31.9 Å². The lowest BCUT2D eigenvalue weighted by Gasteiger charge is -2.14. The molecule has 0 saturated heterocycles. The number of rotatable bonds is 4. The highest BCUT2D eigenvalue weighted by atomic mass is 79.9. The number of halogens is 2. The van der Waals surface area contributed by atoms with Crippen molar-refractivity contribution >= 4 is 37.8 Å². The molecular formula is C4H6Br2O4. The molecule has 0 radical (unpaired) electrons. The summed E-state index contributed by atoms with van der Waals surface area (Å²) in [6.45, 7) is -0.255. The Morgan fingerprint density at radius 2 is 2.10 bits per heavy atom. The summed E-state index contributed by atoms with van der Waals surface area (Å²) in [6.07, 6.45) is 0. The fourth-order valence-corrected chi connectivity index (χ4v) is 0.559. The Bertz CT molecular complexity index is 124. The predicted molar refractivity (Wildman–Crippen MR) is 41.3 cm³/mol. The van der Waals surface area contributed by atoms with Gasteiger partial charge in [-0.2, -0.15) is 0 Å². The number of aliphatic hydroxyl groups is 1. The number of aliphatic carboxylic acids is 1. The molecule has 60 valence electrons. The molecule has 0 aromatic carbocycles. The third kappa shape index (κ3) is 3.50. The summed E-state index contributed by atoms with van der Waals surface area (Å²) in [5.41, 5.74) is 0. The second-order valence-electron chi connectivity index (χ2n) is 1.39. The monoisotopic (exact) mass is 276 g/mol. The number of carboxylic acid groups (broad SMARTS) is 1. The molecular weight excluding hydrogens is 272 g/mol. The maximum absolute atomic E-state index is 10.2. The fraction of sp³-hybridized carbons (Fsp3) is 0.750. The predicted octanol–water partition coefficient (Wildman–Crippen LogP) is 0.523. The minimum atomic E-state index is -1.57. The van der Waals surface area contributed by atoms with E-state index in [4.69, 9.17) is 10.2 Å². The van der Waals surface area contributed by atoms with E-state index in [-0.39, 0.29) is 13.2 Å². The van der Waals surface area contributed by atoms with Crippen LogP contribution in [0.1, 0.15) is 0 Å². The number of aliphatic hydroxyl groups excluding tert-OH is 1. The molecule has 6 heteroatoms. The van der Waals surface area contributed by atoms with E-state index < -0.39 is 9.39 Å². The summed E-state index contributed by atoms with van der Waals surface area (Å²) in [6, 6.07) is 0. The Balaban J connectivity index is 3.75. The van der Waals surface area contributed by atoms with Gasteiger partial charge in [0.1, 0.15) is 0 Å². The van der Waals surface area contributed by atoms with Crippen LogP contribution in [0.3, 0.4) is 0 Å². The molecule has 0 unspecified atom stereocenters. The van der Waals surface area contributed by atoms with E-state index in [1.807, 2.05) is 0 Å². The molecule has 0 aromatic rings. The standard InChI is InChI=1S/C4H6Br2O4/c5-4(6,3(8)9)10-2-1-7/h7H,1-2H2,(H,8,9). The van der Waals surface area contributed by atoms with Crippen LogP contribution < -0.4 is 0 Å². The second-order valence-corrected chi connectivity index (χ2v) is 4.69. The van der Waals surface area contributed by atoms with E-state index in [0.29, 0.717) is 0 Å². The van der Waals surface area contributed by atoms with Crippen LogP contribution in [-0.2, 0) is 9.53 Å². The van der Waals surface area contributed by atoms with Crippen LogP contribution in [0.4, 0.5) is 0 Å². The lowest BCUT2D eigenvalue weighted by Crippen LogP contribution is -2.28. The Morgan fingerprint density at radius 1 is 1.60 bits per heavy atom. The van der Waals surface area contributed by atoms with Crippen molar-refractivity contribution in [3.05, 3.63) is 0 Å². The molecule has 0 rings (SSSR count). The molecule has 4 nitrogen and oxygen atoms in total. The van der Waals surface area contributed by atoms with Crippen LogP contribution in [0.2, 0.25) is 0 Å². The number of ether oxygens (including phenoxy) is 1. The molecule has 0 bridgehead atoms. The highest BCUT2D eigenvalue weighted by Crippen LogP contribution is 2.27. The van der Waals surface area contributed by atoms with Gasteiger partial charge in [-0.05, 0) is 31.9 Å². The summed E-state index contributed by atoms with van der Waals surface area (Å²) in [5, 5.41) is 16.6. The van der Waals surface area contributed by atoms with Gasteiger partial charge in [0, 0.05) is 0 Å². The summed E-state index contributed by atoms with van der Waals surface area (Å²) >= 11 is 5.46. The number of alkyl halides is 2. The summed E-state index contributed by atoms with van der Waals surface area (Å²) in [4.78, 5) is 10.2. The van der Waals surface area contributed by atoms with Crippen molar-refractivity contribution in [1.29, 1.82) is 0 Å². The first-order valence-electron chi connectivity index (χ1n) is 2.36. The fourth-order valence-electron chi connectivity index (χ4n) is 0.236. The van der Waals surface area contributed by atoms with Gasteiger partial charge in [-0.1, -0.05) is 0 Å².